The lowest BCUT2D eigenvalue weighted by atomic mass is 10.1. The second kappa shape index (κ2) is 9.63. The Morgan fingerprint density at radius 1 is 1.00 bits per heavy atom. The van der Waals surface area contributed by atoms with Gasteiger partial charge in [-0.15, -0.1) is 0 Å². The van der Waals surface area contributed by atoms with Gasteiger partial charge < -0.3 is 10.1 Å². The number of hydrogen-bond donors (Lipinski definition) is 1. The molecule has 1 amide bonds. The van der Waals surface area contributed by atoms with Crippen molar-refractivity contribution in [2.24, 2.45) is 0 Å². The number of hydrogen-bond acceptors (Lipinski definition) is 4. The molecule has 0 aliphatic carbocycles. The zero-order valence-electron chi connectivity index (χ0n) is 18.3. The highest BCUT2D eigenvalue weighted by Crippen LogP contribution is 2.26. The van der Waals surface area contributed by atoms with E-state index in [2.05, 4.69) is 5.32 Å². The predicted molar refractivity (Wildman–Crippen MR) is 129 cm³/mol. The maximum absolute atomic E-state index is 12.5. The van der Waals surface area contributed by atoms with Crippen LogP contribution in [0.2, 0.25) is 5.02 Å². The summed E-state index contributed by atoms with van der Waals surface area (Å²) >= 11 is 6.09. The Bertz CT molecular complexity index is 1240. The maximum atomic E-state index is 12.5. The van der Waals surface area contributed by atoms with Crippen molar-refractivity contribution in [2.45, 2.75) is 20.4 Å². The highest BCUT2D eigenvalue weighted by Gasteiger charge is 2.18. The van der Waals surface area contributed by atoms with Gasteiger partial charge >= 0.3 is 0 Å². The molecule has 0 saturated carbocycles. The van der Waals surface area contributed by atoms with Gasteiger partial charge in [-0.1, -0.05) is 29.8 Å². The van der Waals surface area contributed by atoms with Crippen molar-refractivity contribution in [1.82, 2.24) is 0 Å². The van der Waals surface area contributed by atoms with Gasteiger partial charge in [0.25, 0.3) is 5.91 Å². The van der Waals surface area contributed by atoms with Crippen molar-refractivity contribution in [2.75, 3.05) is 23.0 Å². The van der Waals surface area contributed by atoms with E-state index in [0.29, 0.717) is 27.7 Å². The third-order valence-electron chi connectivity index (χ3n) is 5.13. The van der Waals surface area contributed by atoms with E-state index < -0.39 is 10.0 Å². The van der Waals surface area contributed by atoms with Crippen molar-refractivity contribution >= 4 is 38.9 Å². The van der Waals surface area contributed by atoms with Gasteiger partial charge in [-0.25, -0.2) is 8.42 Å². The number of rotatable bonds is 7. The van der Waals surface area contributed by atoms with Crippen LogP contribution in [0.4, 0.5) is 11.4 Å². The Hall–Kier alpha value is -3.03. The fourth-order valence-electron chi connectivity index (χ4n) is 3.15. The maximum Gasteiger partial charge on any atom is 0.255 e. The highest BCUT2D eigenvalue weighted by molar-refractivity contribution is 7.92. The molecule has 168 valence electrons. The number of carbonyl (C=O) groups is 1. The Morgan fingerprint density at radius 3 is 2.25 bits per heavy atom. The molecule has 0 heterocycles. The lowest BCUT2D eigenvalue weighted by Crippen LogP contribution is -2.29. The first-order valence-electron chi connectivity index (χ1n) is 9.87. The summed E-state index contributed by atoms with van der Waals surface area (Å²) in [6, 6.07) is 17.4. The number of sulfonamides is 1. The molecule has 0 atom stereocenters. The van der Waals surface area contributed by atoms with Crippen molar-refractivity contribution in [3.8, 4) is 5.75 Å². The molecule has 0 aliphatic rings. The topological polar surface area (TPSA) is 75.7 Å². The largest absolute Gasteiger partial charge is 0.495 e. The SMILES string of the molecule is COc1ccc(C(=O)Nc2ccc(CN(c3ccc(C)c(C)c3)S(C)(=O)=O)cc2)cc1Cl. The van der Waals surface area contributed by atoms with Crippen LogP contribution >= 0.6 is 11.6 Å². The smallest absolute Gasteiger partial charge is 0.255 e. The number of anilines is 2. The molecule has 0 aromatic heterocycles. The Kier molecular flexibility index (Phi) is 7.11. The number of aryl methyl sites for hydroxylation is 2. The number of halogens is 1. The second-order valence-corrected chi connectivity index (χ2v) is 9.85. The van der Waals surface area contributed by atoms with Crippen LogP contribution in [0.15, 0.2) is 60.7 Å². The minimum absolute atomic E-state index is 0.184. The van der Waals surface area contributed by atoms with Gasteiger partial charge in [-0.3, -0.25) is 9.10 Å². The number of amides is 1. The van der Waals surface area contributed by atoms with Crippen LogP contribution in [0, 0.1) is 13.8 Å². The number of ether oxygens (including phenoxy) is 1. The zero-order valence-corrected chi connectivity index (χ0v) is 19.9. The van der Waals surface area contributed by atoms with E-state index in [1.165, 1.54) is 23.7 Å². The van der Waals surface area contributed by atoms with Crippen molar-refractivity contribution in [3.63, 3.8) is 0 Å². The zero-order chi connectivity index (χ0) is 23.5. The third kappa shape index (κ3) is 5.60. The van der Waals surface area contributed by atoms with Crippen LogP contribution < -0.4 is 14.4 Å². The minimum atomic E-state index is -3.48. The molecule has 3 aromatic carbocycles. The van der Waals surface area contributed by atoms with Gasteiger partial charge in [-0.05, 0) is 73.0 Å². The second-order valence-electron chi connectivity index (χ2n) is 7.54. The van der Waals surface area contributed by atoms with Crippen LogP contribution in [-0.4, -0.2) is 27.7 Å². The number of nitrogens with one attached hydrogen (secondary N) is 1. The molecule has 0 fully saturated rings. The minimum Gasteiger partial charge on any atom is -0.495 e. The van der Waals surface area contributed by atoms with Crippen LogP contribution in [0.25, 0.3) is 0 Å². The van der Waals surface area contributed by atoms with E-state index in [1.54, 1.807) is 42.5 Å². The average molecular weight is 473 g/mol. The first kappa shape index (κ1) is 23.6. The third-order valence-corrected chi connectivity index (χ3v) is 6.57. The Balaban J connectivity index is 1.75. The normalized spacial score (nSPS) is 11.2. The highest BCUT2D eigenvalue weighted by atomic mass is 35.5. The van der Waals surface area contributed by atoms with E-state index in [9.17, 15) is 13.2 Å². The molecule has 1 N–H and O–H groups in total. The summed E-state index contributed by atoms with van der Waals surface area (Å²) < 4.78 is 31.3. The molecular weight excluding hydrogens is 448 g/mol. The van der Waals surface area contributed by atoms with Gasteiger partial charge in [0.2, 0.25) is 10.0 Å². The average Bonchev–Trinajstić information content (AvgIpc) is 2.74. The number of nitrogens with zero attached hydrogens (tertiary/aromatic N) is 1. The molecule has 32 heavy (non-hydrogen) atoms. The fourth-order valence-corrected chi connectivity index (χ4v) is 4.29. The molecule has 8 heteroatoms. The molecule has 0 spiro atoms. The molecule has 0 aliphatic heterocycles. The quantitative estimate of drug-likeness (QED) is 0.513. The van der Waals surface area contributed by atoms with Crippen LogP contribution in [0.3, 0.4) is 0 Å². The van der Waals surface area contributed by atoms with Gasteiger partial charge in [0, 0.05) is 11.3 Å². The van der Waals surface area contributed by atoms with Gasteiger partial charge in [0.15, 0.2) is 0 Å². The van der Waals surface area contributed by atoms with E-state index in [0.717, 1.165) is 16.7 Å². The van der Waals surface area contributed by atoms with Crippen molar-refractivity contribution in [3.05, 3.63) is 87.9 Å². The number of methoxy groups -OCH3 is 1. The van der Waals surface area contributed by atoms with Crippen molar-refractivity contribution in [1.29, 1.82) is 0 Å². The van der Waals surface area contributed by atoms with Gasteiger partial charge in [0.1, 0.15) is 5.75 Å². The summed E-state index contributed by atoms with van der Waals surface area (Å²) in [5, 5.41) is 3.16. The number of benzene rings is 3. The lowest BCUT2D eigenvalue weighted by Gasteiger charge is -2.23. The van der Waals surface area contributed by atoms with Gasteiger partial charge in [0.05, 0.1) is 30.6 Å². The molecule has 3 rings (SSSR count). The van der Waals surface area contributed by atoms with E-state index in [1.807, 2.05) is 26.0 Å². The first-order valence-corrected chi connectivity index (χ1v) is 12.1. The summed E-state index contributed by atoms with van der Waals surface area (Å²) in [7, 11) is -1.97. The Labute approximate surface area is 193 Å². The first-order chi connectivity index (χ1) is 15.1. The molecule has 0 unspecified atom stereocenters. The molecular formula is C24H25ClN2O4S. The summed E-state index contributed by atoms with van der Waals surface area (Å²) in [6.45, 7) is 4.12. The van der Waals surface area contributed by atoms with E-state index >= 15 is 0 Å². The van der Waals surface area contributed by atoms with Crippen LogP contribution in [0.5, 0.6) is 5.75 Å². The van der Waals surface area contributed by atoms with Crippen molar-refractivity contribution < 1.29 is 17.9 Å². The fraction of sp³-hybridized carbons (Fsp3) is 0.208. The predicted octanol–water partition coefficient (Wildman–Crippen LogP) is 5.18. The van der Waals surface area contributed by atoms with Crippen LogP contribution in [0.1, 0.15) is 27.0 Å². The molecule has 6 nitrogen and oxygen atoms in total. The lowest BCUT2D eigenvalue weighted by molar-refractivity contribution is 0.102. The summed E-state index contributed by atoms with van der Waals surface area (Å²) in [5.41, 5.74) is 4.51. The molecule has 0 radical (unpaired) electrons. The van der Waals surface area contributed by atoms with E-state index in [4.69, 9.17) is 16.3 Å². The summed E-state index contributed by atoms with van der Waals surface area (Å²) in [5.74, 6) is 0.182. The van der Waals surface area contributed by atoms with Crippen LogP contribution in [-0.2, 0) is 16.6 Å². The standard InChI is InChI=1S/C24H25ClN2O4S/c1-16-5-11-21(13-17(16)2)27(32(4,29)30)15-18-6-9-20(10-7-18)26-24(28)19-8-12-23(31-3)22(25)14-19/h5-14H,15H2,1-4H3,(H,26,28). The number of carbonyl (C=O) groups excluding carboxylic acids is 1. The summed E-state index contributed by atoms with van der Waals surface area (Å²) in [4.78, 5) is 12.5. The molecule has 3 aromatic rings. The monoisotopic (exact) mass is 472 g/mol. The van der Waals surface area contributed by atoms with Gasteiger partial charge in [-0.2, -0.15) is 0 Å². The summed E-state index contributed by atoms with van der Waals surface area (Å²) in [6.07, 6.45) is 1.19. The van der Waals surface area contributed by atoms with E-state index in [-0.39, 0.29) is 12.5 Å². The molecule has 0 saturated heterocycles. The Morgan fingerprint density at radius 2 is 1.69 bits per heavy atom. The molecule has 0 bridgehead atoms.